The molecule has 0 bridgehead atoms. The van der Waals surface area contributed by atoms with Crippen LogP contribution in [0.15, 0.2) is 18.3 Å². The average molecular weight is 331 g/mol. The summed E-state index contributed by atoms with van der Waals surface area (Å²) >= 11 is 0. The van der Waals surface area contributed by atoms with E-state index >= 15 is 0 Å². The van der Waals surface area contributed by atoms with Gasteiger partial charge >= 0.3 is 5.97 Å². The average Bonchev–Trinajstić information content (AvgIpc) is 3.20. The molecule has 0 N–H and O–H groups in total. The Morgan fingerprint density at radius 1 is 1.38 bits per heavy atom. The van der Waals surface area contributed by atoms with Crippen molar-refractivity contribution in [2.75, 3.05) is 24.6 Å². The van der Waals surface area contributed by atoms with Crippen LogP contribution >= 0.6 is 0 Å². The SMILES string of the molecule is CCOC(=O)c1cn(Cc2ccc(N3CC4(CC4)C3)nc2F)nn1. The number of hydrogen-bond acceptors (Lipinski definition) is 6. The van der Waals surface area contributed by atoms with Crippen LogP contribution in [0.2, 0.25) is 0 Å². The van der Waals surface area contributed by atoms with Gasteiger partial charge in [0.15, 0.2) is 5.69 Å². The summed E-state index contributed by atoms with van der Waals surface area (Å²) in [5.74, 6) is -0.374. The quantitative estimate of drug-likeness (QED) is 0.612. The number of carbonyl (C=O) groups excluding carboxylic acids is 1. The highest BCUT2D eigenvalue weighted by Gasteiger charge is 2.52. The van der Waals surface area contributed by atoms with Gasteiger partial charge in [0.25, 0.3) is 0 Å². The smallest absolute Gasteiger partial charge is 0.360 e. The molecule has 0 unspecified atom stereocenters. The molecule has 0 amide bonds. The predicted molar refractivity (Wildman–Crippen MR) is 83.2 cm³/mol. The Bertz CT molecular complexity index is 779. The van der Waals surface area contributed by atoms with E-state index < -0.39 is 11.9 Å². The molecule has 8 heteroatoms. The van der Waals surface area contributed by atoms with Gasteiger partial charge < -0.3 is 9.64 Å². The minimum atomic E-state index is -0.538. The largest absolute Gasteiger partial charge is 0.461 e. The molecular weight excluding hydrogens is 313 g/mol. The lowest BCUT2D eigenvalue weighted by Crippen LogP contribution is -2.48. The molecule has 7 nitrogen and oxygen atoms in total. The number of nitrogens with zero attached hydrogens (tertiary/aromatic N) is 5. The first-order valence-corrected chi connectivity index (χ1v) is 8.06. The van der Waals surface area contributed by atoms with Crippen LogP contribution in [0.4, 0.5) is 10.2 Å². The Balaban J connectivity index is 1.44. The van der Waals surface area contributed by atoms with E-state index in [1.165, 1.54) is 23.7 Å². The third-order valence-electron chi connectivity index (χ3n) is 4.60. The number of halogens is 1. The maximum absolute atomic E-state index is 14.3. The molecule has 1 saturated carbocycles. The van der Waals surface area contributed by atoms with E-state index in [2.05, 4.69) is 20.2 Å². The Morgan fingerprint density at radius 2 is 2.17 bits per heavy atom. The Kier molecular flexibility index (Phi) is 3.47. The molecular formula is C16H18FN5O2. The molecule has 2 aromatic heterocycles. The molecule has 1 aliphatic heterocycles. The van der Waals surface area contributed by atoms with Crippen LogP contribution in [-0.4, -0.2) is 45.6 Å². The van der Waals surface area contributed by atoms with Crippen molar-refractivity contribution < 1.29 is 13.9 Å². The van der Waals surface area contributed by atoms with Crippen LogP contribution in [-0.2, 0) is 11.3 Å². The fourth-order valence-electron chi connectivity index (χ4n) is 3.01. The molecule has 4 rings (SSSR count). The summed E-state index contributed by atoms with van der Waals surface area (Å²) in [5.41, 5.74) is 1.01. The first kappa shape index (κ1) is 15.0. The molecule has 126 valence electrons. The fourth-order valence-corrected chi connectivity index (χ4v) is 3.01. The van der Waals surface area contributed by atoms with Gasteiger partial charge in [-0.25, -0.2) is 14.5 Å². The first-order chi connectivity index (χ1) is 11.6. The van der Waals surface area contributed by atoms with E-state index in [0.717, 1.165) is 13.1 Å². The van der Waals surface area contributed by atoms with Crippen molar-refractivity contribution in [3.8, 4) is 0 Å². The van der Waals surface area contributed by atoms with Gasteiger partial charge in [-0.15, -0.1) is 5.10 Å². The molecule has 2 aliphatic rings. The topological polar surface area (TPSA) is 73.1 Å². The lowest BCUT2D eigenvalue weighted by atomic mass is 9.97. The van der Waals surface area contributed by atoms with E-state index in [1.54, 1.807) is 13.0 Å². The first-order valence-electron chi connectivity index (χ1n) is 8.06. The number of carbonyl (C=O) groups is 1. The van der Waals surface area contributed by atoms with Gasteiger partial charge in [0, 0.05) is 24.1 Å². The highest BCUT2D eigenvalue weighted by molar-refractivity contribution is 5.86. The minimum Gasteiger partial charge on any atom is -0.461 e. The lowest BCUT2D eigenvalue weighted by molar-refractivity contribution is 0.0519. The number of esters is 1. The highest BCUT2D eigenvalue weighted by Crippen LogP contribution is 2.53. The van der Waals surface area contributed by atoms with Crippen molar-refractivity contribution >= 4 is 11.8 Å². The third-order valence-corrected chi connectivity index (χ3v) is 4.60. The monoisotopic (exact) mass is 331 g/mol. The predicted octanol–water partition coefficient (Wildman–Crippen LogP) is 1.64. The number of aromatic nitrogens is 4. The van der Waals surface area contributed by atoms with Crippen molar-refractivity contribution in [2.45, 2.75) is 26.3 Å². The minimum absolute atomic E-state index is 0.108. The van der Waals surface area contributed by atoms with Crippen LogP contribution in [0.1, 0.15) is 35.8 Å². The maximum Gasteiger partial charge on any atom is 0.360 e. The van der Waals surface area contributed by atoms with Crippen molar-refractivity contribution in [1.29, 1.82) is 0 Å². The van der Waals surface area contributed by atoms with Gasteiger partial charge in [-0.05, 0) is 31.9 Å². The molecule has 1 spiro atoms. The standard InChI is InChI=1S/C16H18FN5O2/c1-2-24-15(23)12-8-22(20-19-12)7-11-3-4-13(18-14(11)17)21-9-16(10-21)5-6-16/h3-4,8H,2,5-7,9-10H2,1H3. The third kappa shape index (κ3) is 2.72. The summed E-state index contributed by atoms with van der Waals surface area (Å²) in [7, 11) is 0. The van der Waals surface area contributed by atoms with E-state index in [-0.39, 0.29) is 18.8 Å². The van der Waals surface area contributed by atoms with Crippen molar-refractivity contribution in [3.05, 3.63) is 35.5 Å². The van der Waals surface area contributed by atoms with E-state index in [9.17, 15) is 9.18 Å². The summed E-state index contributed by atoms with van der Waals surface area (Å²) in [4.78, 5) is 17.7. The highest BCUT2D eigenvalue weighted by atomic mass is 19.1. The van der Waals surface area contributed by atoms with Crippen LogP contribution in [0.25, 0.3) is 0 Å². The molecule has 2 aromatic rings. The van der Waals surface area contributed by atoms with Crippen molar-refractivity contribution in [2.24, 2.45) is 5.41 Å². The molecule has 0 radical (unpaired) electrons. The molecule has 1 aliphatic carbocycles. The van der Waals surface area contributed by atoms with Crippen LogP contribution < -0.4 is 4.90 Å². The summed E-state index contributed by atoms with van der Waals surface area (Å²) < 4.78 is 20.5. The molecule has 3 heterocycles. The summed E-state index contributed by atoms with van der Waals surface area (Å²) in [6.45, 7) is 4.10. The second-order valence-corrected chi connectivity index (χ2v) is 6.50. The van der Waals surface area contributed by atoms with Crippen molar-refractivity contribution in [1.82, 2.24) is 20.0 Å². The molecule has 0 aromatic carbocycles. The van der Waals surface area contributed by atoms with E-state index in [0.29, 0.717) is 16.8 Å². The number of hydrogen-bond donors (Lipinski definition) is 0. The summed E-state index contributed by atoms with van der Waals surface area (Å²) in [6.07, 6.45) is 4.00. The van der Waals surface area contributed by atoms with Gasteiger partial charge in [-0.3, -0.25) is 0 Å². The summed E-state index contributed by atoms with van der Waals surface area (Å²) in [6, 6.07) is 3.54. The molecule has 0 atom stereocenters. The number of rotatable bonds is 5. The molecule has 24 heavy (non-hydrogen) atoms. The molecule has 2 fully saturated rings. The Hall–Kier alpha value is -2.51. The number of ether oxygens (including phenoxy) is 1. The Morgan fingerprint density at radius 3 is 2.83 bits per heavy atom. The summed E-state index contributed by atoms with van der Waals surface area (Å²) in [5, 5.41) is 7.57. The van der Waals surface area contributed by atoms with E-state index in [4.69, 9.17) is 4.74 Å². The zero-order valence-corrected chi connectivity index (χ0v) is 13.4. The van der Waals surface area contributed by atoms with Gasteiger partial charge in [-0.2, -0.15) is 4.39 Å². The van der Waals surface area contributed by atoms with Gasteiger partial charge in [0.2, 0.25) is 5.95 Å². The normalized spacial score (nSPS) is 17.7. The second-order valence-electron chi connectivity index (χ2n) is 6.50. The fraction of sp³-hybridized carbons (Fsp3) is 0.500. The van der Waals surface area contributed by atoms with Gasteiger partial charge in [0.05, 0.1) is 19.3 Å². The zero-order valence-electron chi connectivity index (χ0n) is 13.4. The zero-order chi connectivity index (χ0) is 16.7. The van der Waals surface area contributed by atoms with Gasteiger partial charge in [-0.1, -0.05) is 5.21 Å². The molecule has 1 saturated heterocycles. The van der Waals surface area contributed by atoms with Crippen LogP contribution in [0.3, 0.4) is 0 Å². The number of anilines is 1. The van der Waals surface area contributed by atoms with Crippen LogP contribution in [0.5, 0.6) is 0 Å². The second kappa shape index (κ2) is 5.54. The number of pyridine rings is 1. The maximum atomic E-state index is 14.3. The van der Waals surface area contributed by atoms with E-state index in [1.807, 2.05) is 6.07 Å². The van der Waals surface area contributed by atoms with Crippen molar-refractivity contribution in [3.63, 3.8) is 0 Å². The lowest BCUT2D eigenvalue weighted by Gasteiger charge is -2.40. The van der Waals surface area contributed by atoms with Gasteiger partial charge in [0.1, 0.15) is 5.82 Å². The van der Waals surface area contributed by atoms with Crippen LogP contribution in [0, 0.1) is 11.4 Å². The Labute approximate surface area is 138 Å².